The molecule has 1 aromatic rings. The summed E-state index contributed by atoms with van der Waals surface area (Å²) in [7, 11) is 0. The molecule has 0 radical (unpaired) electrons. The number of nitrogens with zero attached hydrogens (tertiary/aromatic N) is 2. The second-order valence-corrected chi connectivity index (χ2v) is 6.64. The van der Waals surface area contributed by atoms with Gasteiger partial charge in [0.05, 0.1) is 12.1 Å². The van der Waals surface area contributed by atoms with Crippen molar-refractivity contribution in [3.05, 3.63) is 34.9 Å². The fourth-order valence-corrected chi connectivity index (χ4v) is 4.06. The number of likely N-dealkylation sites (tertiary alicyclic amines) is 2. The summed E-state index contributed by atoms with van der Waals surface area (Å²) in [6.45, 7) is 2.87. The average molecular weight is 321 g/mol. The van der Waals surface area contributed by atoms with E-state index < -0.39 is 0 Å². The lowest BCUT2D eigenvalue weighted by Crippen LogP contribution is -2.48. The molecule has 0 aromatic heterocycles. The fraction of sp³-hybridized carbons (Fsp3) is 0.529. The van der Waals surface area contributed by atoms with Crippen LogP contribution in [0.4, 0.5) is 0 Å². The Hall–Kier alpha value is -1.55. The lowest BCUT2D eigenvalue weighted by Gasteiger charge is -2.35. The van der Waals surface area contributed by atoms with Crippen molar-refractivity contribution in [2.75, 3.05) is 6.54 Å². The van der Waals surface area contributed by atoms with Gasteiger partial charge in [-0.1, -0.05) is 23.7 Å². The van der Waals surface area contributed by atoms with Crippen LogP contribution in [0.5, 0.6) is 0 Å². The van der Waals surface area contributed by atoms with Gasteiger partial charge in [0, 0.05) is 24.0 Å². The highest BCUT2D eigenvalue weighted by molar-refractivity contribution is 6.30. The molecule has 0 aliphatic carbocycles. The molecule has 1 aromatic carbocycles. The smallest absolute Gasteiger partial charge is 0.222 e. The summed E-state index contributed by atoms with van der Waals surface area (Å²) < 4.78 is 0. The first-order valence-corrected chi connectivity index (χ1v) is 8.27. The van der Waals surface area contributed by atoms with Crippen LogP contribution >= 0.6 is 11.6 Å². The van der Waals surface area contributed by atoms with E-state index >= 15 is 0 Å². The van der Waals surface area contributed by atoms with E-state index in [1.807, 2.05) is 34.1 Å². The van der Waals surface area contributed by atoms with E-state index in [4.69, 9.17) is 11.6 Å². The van der Waals surface area contributed by atoms with Gasteiger partial charge in [0.25, 0.3) is 0 Å². The van der Waals surface area contributed by atoms with Gasteiger partial charge < -0.3 is 9.80 Å². The van der Waals surface area contributed by atoms with Crippen molar-refractivity contribution < 1.29 is 9.59 Å². The van der Waals surface area contributed by atoms with Gasteiger partial charge in [-0.2, -0.15) is 0 Å². The summed E-state index contributed by atoms with van der Waals surface area (Å²) in [6.07, 6.45) is 4.32. The van der Waals surface area contributed by atoms with Crippen LogP contribution in [0.25, 0.3) is 0 Å². The molecule has 2 unspecified atom stereocenters. The summed E-state index contributed by atoms with van der Waals surface area (Å²) >= 11 is 6.08. The third-order valence-electron chi connectivity index (χ3n) is 4.99. The largest absolute Gasteiger partial charge is 0.338 e. The van der Waals surface area contributed by atoms with E-state index in [0.717, 1.165) is 37.8 Å². The Morgan fingerprint density at radius 2 is 2.18 bits per heavy atom. The number of carbonyl (C=O) groups is 2. The Labute approximate surface area is 136 Å². The summed E-state index contributed by atoms with van der Waals surface area (Å²) in [5.41, 5.74) is 1.07. The predicted molar refractivity (Wildman–Crippen MR) is 85.5 cm³/mol. The van der Waals surface area contributed by atoms with Gasteiger partial charge in [0.15, 0.2) is 0 Å². The summed E-state index contributed by atoms with van der Waals surface area (Å²) in [5.74, 6) is 0.213. The predicted octanol–water partition coefficient (Wildman–Crippen LogP) is 3.01. The molecule has 0 saturated carbocycles. The molecule has 5 heteroatoms. The number of amides is 2. The van der Waals surface area contributed by atoms with Gasteiger partial charge in [-0.3, -0.25) is 9.59 Å². The third-order valence-corrected chi connectivity index (χ3v) is 5.23. The normalized spacial score (nSPS) is 26.5. The first-order valence-electron chi connectivity index (χ1n) is 7.89. The van der Waals surface area contributed by atoms with Crippen LogP contribution in [0.15, 0.2) is 24.3 Å². The molecule has 2 saturated heterocycles. The van der Waals surface area contributed by atoms with Crippen LogP contribution < -0.4 is 0 Å². The summed E-state index contributed by atoms with van der Waals surface area (Å²) in [4.78, 5) is 27.5. The van der Waals surface area contributed by atoms with Gasteiger partial charge in [0.1, 0.15) is 0 Å². The van der Waals surface area contributed by atoms with Crippen molar-refractivity contribution in [1.82, 2.24) is 9.80 Å². The lowest BCUT2D eigenvalue weighted by atomic mass is 10.0. The minimum Gasteiger partial charge on any atom is -0.338 e. The number of hydrogen-bond donors (Lipinski definition) is 0. The standard InChI is InChI=1S/C17H21ClN2O2/c1-12(19-9-3-6-17(19)22)15-7-8-16(20(15)11-21)13-4-2-5-14(18)10-13/h2,4-5,10-12,15-16H,3,6-9H2,1H3/t12-,15?,16?/m0/s1. The van der Waals surface area contributed by atoms with Crippen LogP contribution in [0.2, 0.25) is 5.02 Å². The number of benzene rings is 1. The Kier molecular flexibility index (Phi) is 4.39. The molecule has 2 fully saturated rings. The molecule has 4 nitrogen and oxygen atoms in total. The number of halogens is 1. The zero-order valence-electron chi connectivity index (χ0n) is 12.7. The fourth-order valence-electron chi connectivity index (χ4n) is 3.86. The molecule has 22 heavy (non-hydrogen) atoms. The molecule has 3 rings (SSSR count). The van der Waals surface area contributed by atoms with E-state index in [1.165, 1.54) is 0 Å². The molecular formula is C17H21ClN2O2. The second kappa shape index (κ2) is 6.29. The highest BCUT2D eigenvalue weighted by atomic mass is 35.5. The van der Waals surface area contributed by atoms with E-state index in [1.54, 1.807) is 0 Å². The van der Waals surface area contributed by atoms with Crippen molar-refractivity contribution >= 4 is 23.9 Å². The first kappa shape index (κ1) is 15.3. The molecule has 2 amide bonds. The molecule has 3 atom stereocenters. The van der Waals surface area contributed by atoms with E-state index in [2.05, 4.69) is 6.92 Å². The molecule has 0 bridgehead atoms. The molecule has 118 valence electrons. The monoisotopic (exact) mass is 320 g/mol. The quantitative estimate of drug-likeness (QED) is 0.800. The molecule has 0 spiro atoms. The minimum atomic E-state index is 0.0568. The van der Waals surface area contributed by atoms with Crippen molar-refractivity contribution in [3.63, 3.8) is 0 Å². The highest BCUT2D eigenvalue weighted by Gasteiger charge is 2.40. The average Bonchev–Trinajstić information content (AvgIpc) is 3.12. The molecule has 0 N–H and O–H groups in total. The van der Waals surface area contributed by atoms with Gasteiger partial charge in [-0.05, 0) is 43.9 Å². The SMILES string of the molecule is C[C@@H](C1CCC(c2cccc(Cl)c2)N1C=O)N1CCCC1=O. The number of carbonyl (C=O) groups excluding carboxylic acids is 2. The van der Waals surface area contributed by atoms with Gasteiger partial charge >= 0.3 is 0 Å². The summed E-state index contributed by atoms with van der Waals surface area (Å²) in [5, 5.41) is 0.689. The van der Waals surface area contributed by atoms with Gasteiger partial charge in [-0.15, -0.1) is 0 Å². The first-order chi connectivity index (χ1) is 10.6. The molecular weight excluding hydrogens is 300 g/mol. The van der Waals surface area contributed by atoms with Crippen LogP contribution in [-0.2, 0) is 9.59 Å². The van der Waals surface area contributed by atoms with Crippen molar-refractivity contribution in [2.24, 2.45) is 0 Å². The summed E-state index contributed by atoms with van der Waals surface area (Å²) in [6, 6.07) is 7.92. The van der Waals surface area contributed by atoms with E-state index in [0.29, 0.717) is 11.4 Å². The maximum atomic E-state index is 12.0. The maximum Gasteiger partial charge on any atom is 0.222 e. The highest BCUT2D eigenvalue weighted by Crippen LogP contribution is 2.38. The van der Waals surface area contributed by atoms with E-state index in [9.17, 15) is 9.59 Å². The Morgan fingerprint density at radius 1 is 1.36 bits per heavy atom. The van der Waals surface area contributed by atoms with Crippen LogP contribution in [0.3, 0.4) is 0 Å². The van der Waals surface area contributed by atoms with E-state index in [-0.39, 0.29) is 24.0 Å². The Morgan fingerprint density at radius 3 is 2.82 bits per heavy atom. The zero-order valence-corrected chi connectivity index (χ0v) is 13.5. The van der Waals surface area contributed by atoms with Crippen molar-refractivity contribution in [1.29, 1.82) is 0 Å². The molecule has 2 aliphatic heterocycles. The molecule has 2 aliphatic rings. The second-order valence-electron chi connectivity index (χ2n) is 6.20. The minimum absolute atomic E-state index is 0.0568. The number of hydrogen-bond acceptors (Lipinski definition) is 2. The number of rotatable bonds is 4. The van der Waals surface area contributed by atoms with Crippen molar-refractivity contribution in [3.8, 4) is 0 Å². The van der Waals surface area contributed by atoms with Crippen molar-refractivity contribution in [2.45, 2.75) is 50.7 Å². The Bertz CT molecular complexity index is 578. The zero-order chi connectivity index (χ0) is 15.7. The maximum absolute atomic E-state index is 12.0. The third kappa shape index (κ3) is 2.72. The van der Waals surface area contributed by atoms with Crippen LogP contribution in [0.1, 0.15) is 44.2 Å². The lowest BCUT2D eigenvalue weighted by molar-refractivity contribution is -0.132. The Balaban J connectivity index is 1.80. The van der Waals surface area contributed by atoms with Crippen LogP contribution in [0, 0.1) is 0 Å². The van der Waals surface area contributed by atoms with Crippen LogP contribution in [-0.4, -0.2) is 40.7 Å². The molecule has 2 heterocycles. The van der Waals surface area contributed by atoms with Gasteiger partial charge in [0.2, 0.25) is 12.3 Å². The topological polar surface area (TPSA) is 40.6 Å². The van der Waals surface area contributed by atoms with Gasteiger partial charge in [-0.25, -0.2) is 0 Å².